The topological polar surface area (TPSA) is 55.5 Å². The summed E-state index contributed by atoms with van der Waals surface area (Å²) < 4.78 is 28.8. The molecule has 72 valence electrons. The number of para-hydroxylation sites is 1. The van der Waals surface area contributed by atoms with E-state index in [2.05, 4.69) is 4.74 Å². The van der Waals surface area contributed by atoms with Crippen molar-refractivity contribution in [2.45, 2.75) is 13.0 Å². The van der Waals surface area contributed by atoms with E-state index >= 15 is 0 Å². The summed E-state index contributed by atoms with van der Waals surface area (Å²) in [5.41, 5.74) is 5.27. The van der Waals surface area contributed by atoms with Crippen LogP contribution in [0.4, 0.5) is 14.5 Å². The highest BCUT2D eigenvalue weighted by Crippen LogP contribution is 2.34. The number of hydrogen-bond donors (Lipinski definition) is 2. The number of rotatable bonds is 2. The molecule has 0 amide bonds. The van der Waals surface area contributed by atoms with Gasteiger partial charge in [-0.1, -0.05) is 6.07 Å². The summed E-state index contributed by atoms with van der Waals surface area (Å²) in [6, 6.07) is 4.01. The first-order valence-electron chi connectivity index (χ1n) is 3.54. The lowest BCUT2D eigenvalue weighted by atomic mass is 10.3. The van der Waals surface area contributed by atoms with Gasteiger partial charge in [-0.25, -0.2) is 0 Å². The van der Waals surface area contributed by atoms with Gasteiger partial charge in [0.25, 0.3) is 0 Å². The van der Waals surface area contributed by atoms with Crippen molar-refractivity contribution >= 4 is 5.69 Å². The quantitative estimate of drug-likeness (QED) is 0.552. The average molecular weight is 189 g/mol. The minimum atomic E-state index is -3.33. The molecule has 0 spiro atoms. The maximum Gasteiger partial charge on any atom is 0.395 e. The van der Waals surface area contributed by atoms with Crippen molar-refractivity contribution < 1.29 is 18.6 Å². The number of halogens is 2. The van der Waals surface area contributed by atoms with Gasteiger partial charge in [-0.2, -0.15) is 8.78 Å². The zero-order chi connectivity index (χ0) is 10.1. The Hall–Kier alpha value is -1.52. The summed E-state index contributed by atoms with van der Waals surface area (Å²) in [6.07, 6.45) is -3.33. The van der Waals surface area contributed by atoms with E-state index in [4.69, 9.17) is 5.73 Å². The molecule has 0 aromatic heterocycles. The zero-order valence-electron chi connectivity index (χ0n) is 6.92. The van der Waals surface area contributed by atoms with Crippen molar-refractivity contribution in [2.24, 2.45) is 0 Å². The number of alkyl halides is 2. The average Bonchev–Trinajstić information content (AvgIpc) is 1.96. The summed E-state index contributed by atoms with van der Waals surface area (Å²) in [6.45, 7) is 0.579. The summed E-state index contributed by atoms with van der Waals surface area (Å²) in [7, 11) is 0. The molecule has 5 heteroatoms. The predicted molar refractivity (Wildman–Crippen MR) is 43.8 cm³/mol. The maximum atomic E-state index is 12.3. The second-order valence-corrected chi connectivity index (χ2v) is 2.60. The first kappa shape index (κ1) is 9.57. The Kier molecular flexibility index (Phi) is 2.27. The minimum absolute atomic E-state index is 0.00162. The van der Waals surface area contributed by atoms with Gasteiger partial charge in [-0.05, 0) is 12.1 Å². The number of phenols is 1. The fourth-order valence-electron chi connectivity index (χ4n) is 0.815. The standard InChI is InChI=1S/C8H9F2NO2/c1-8(9,10)13-6-4-2-3-5(11)7(6)12/h2-4,12H,11H2,1H3. The van der Waals surface area contributed by atoms with Gasteiger partial charge in [0.2, 0.25) is 0 Å². The van der Waals surface area contributed by atoms with Crippen molar-refractivity contribution in [2.75, 3.05) is 5.73 Å². The number of phenolic OH excluding ortho intramolecular Hbond substituents is 1. The molecule has 0 saturated carbocycles. The summed E-state index contributed by atoms with van der Waals surface area (Å²) in [5, 5.41) is 9.18. The molecule has 13 heavy (non-hydrogen) atoms. The van der Waals surface area contributed by atoms with Crippen LogP contribution in [0.15, 0.2) is 18.2 Å². The van der Waals surface area contributed by atoms with Gasteiger partial charge in [0.05, 0.1) is 5.69 Å². The minimum Gasteiger partial charge on any atom is -0.503 e. The summed E-state index contributed by atoms with van der Waals surface area (Å²) in [5.74, 6) is -0.795. The van der Waals surface area contributed by atoms with Gasteiger partial charge < -0.3 is 15.6 Å². The molecular weight excluding hydrogens is 180 g/mol. The molecule has 0 aliphatic heterocycles. The molecule has 0 bridgehead atoms. The molecule has 3 nitrogen and oxygen atoms in total. The molecule has 0 radical (unpaired) electrons. The SMILES string of the molecule is CC(F)(F)Oc1cccc(N)c1O. The normalized spacial score (nSPS) is 11.3. The highest BCUT2D eigenvalue weighted by Gasteiger charge is 2.25. The number of anilines is 1. The van der Waals surface area contributed by atoms with Crippen LogP contribution in [0.1, 0.15) is 6.92 Å². The second kappa shape index (κ2) is 3.08. The Labute approximate surface area is 73.7 Å². The molecule has 3 N–H and O–H groups in total. The highest BCUT2D eigenvalue weighted by atomic mass is 19.3. The van der Waals surface area contributed by atoms with E-state index in [-0.39, 0.29) is 11.4 Å². The number of nitrogen functional groups attached to an aromatic ring is 1. The third-order valence-corrected chi connectivity index (χ3v) is 1.32. The molecule has 0 heterocycles. The van der Waals surface area contributed by atoms with Crippen LogP contribution in [-0.2, 0) is 0 Å². The molecule has 0 aliphatic rings. The first-order chi connectivity index (χ1) is 5.90. The van der Waals surface area contributed by atoms with Gasteiger partial charge in [0, 0.05) is 6.92 Å². The van der Waals surface area contributed by atoms with E-state index in [1.165, 1.54) is 18.2 Å². The number of benzene rings is 1. The molecular formula is C8H9F2NO2. The Morgan fingerprint density at radius 3 is 2.62 bits per heavy atom. The maximum absolute atomic E-state index is 12.3. The van der Waals surface area contributed by atoms with Crippen LogP contribution < -0.4 is 10.5 Å². The smallest absolute Gasteiger partial charge is 0.395 e. The van der Waals surface area contributed by atoms with Gasteiger partial charge in [0.15, 0.2) is 11.5 Å². The number of ether oxygens (including phenoxy) is 1. The van der Waals surface area contributed by atoms with Crippen molar-refractivity contribution in [1.29, 1.82) is 0 Å². The zero-order valence-corrected chi connectivity index (χ0v) is 6.92. The van der Waals surface area contributed by atoms with Crippen molar-refractivity contribution in [3.8, 4) is 11.5 Å². The Balaban J connectivity index is 2.96. The third-order valence-electron chi connectivity index (χ3n) is 1.32. The summed E-state index contributed by atoms with van der Waals surface area (Å²) >= 11 is 0. The third kappa shape index (κ3) is 2.47. The van der Waals surface area contributed by atoms with Gasteiger partial charge in [-0.15, -0.1) is 0 Å². The van der Waals surface area contributed by atoms with Gasteiger partial charge in [0.1, 0.15) is 0 Å². The summed E-state index contributed by atoms with van der Waals surface area (Å²) in [4.78, 5) is 0. The van der Waals surface area contributed by atoms with E-state index in [0.29, 0.717) is 6.92 Å². The van der Waals surface area contributed by atoms with Crippen LogP contribution in [0, 0.1) is 0 Å². The van der Waals surface area contributed by atoms with Gasteiger partial charge in [-0.3, -0.25) is 0 Å². The van der Waals surface area contributed by atoms with E-state index < -0.39 is 11.9 Å². The number of hydrogen-bond acceptors (Lipinski definition) is 3. The van der Waals surface area contributed by atoms with Crippen LogP contribution in [0.25, 0.3) is 0 Å². The monoisotopic (exact) mass is 189 g/mol. The van der Waals surface area contributed by atoms with E-state index in [9.17, 15) is 13.9 Å². The Morgan fingerprint density at radius 1 is 1.46 bits per heavy atom. The molecule has 0 unspecified atom stereocenters. The van der Waals surface area contributed by atoms with Crippen LogP contribution >= 0.6 is 0 Å². The van der Waals surface area contributed by atoms with Crippen LogP contribution in [0.2, 0.25) is 0 Å². The van der Waals surface area contributed by atoms with Crippen LogP contribution in [0.5, 0.6) is 11.5 Å². The molecule has 0 saturated heterocycles. The molecule has 0 atom stereocenters. The number of nitrogens with two attached hydrogens (primary N) is 1. The van der Waals surface area contributed by atoms with E-state index in [1.807, 2.05) is 0 Å². The molecule has 1 rings (SSSR count). The molecule has 0 fully saturated rings. The van der Waals surface area contributed by atoms with Crippen molar-refractivity contribution in [3.05, 3.63) is 18.2 Å². The fourth-order valence-corrected chi connectivity index (χ4v) is 0.815. The highest BCUT2D eigenvalue weighted by molar-refractivity contribution is 5.59. The van der Waals surface area contributed by atoms with Gasteiger partial charge >= 0.3 is 6.11 Å². The lowest BCUT2D eigenvalue weighted by Crippen LogP contribution is -2.19. The van der Waals surface area contributed by atoms with Crippen molar-refractivity contribution in [1.82, 2.24) is 0 Å². The molecule has 1 aromatic rings. The Bertz CT molecular complexity index is 310. The Morgan fingerprint density at radius 2 is 2.08 bits per heavy atom. The second-order valence-electron chi connectivity index (χ2n) is 2.60. The van der Waals surface area contributed by atoms with E-state index in [0.717, 1.165) is 0 Å². The van der Waals surface area contributed by atoms with E-state index in [1.54, 1.807) is 0 Å². The largest absolute Gasteiger partial charge is 0.503 e. The van der Waals surface area contributed by atoms with Crippen LogP contribution in [-0.4, -0.2) is 11.2 Å². The molecule has 1 aromatic carbocycles. The fraction of sp³-hybridized carbons (Fsp3) is 0.250. The molecule has 0 aliphatic carbocycles. The van der Waals surface area contributed by atoms with Crippen molar-refractivity contribution in [3.63, 3.8) is 0 Å². The lowest BCUT2D eigenvalue weighted by Gasteiger charge is -2.14. The number of aromatic hydroxyl groups is 1. The van der Waals surface area contributed by atoms with Crippen LogP contribution in [0.3, 0.4) is 0 Å². The predicted octanol–water partition coefficient (Wildman–Crippen LogP) is 1.97. The lowest BCUT2D eigenvalue weighted by molar-refractivity contribution is -0.159. The first-order valence-corrected chi connectivity index (χ1v) is 3.54.